The Kier molecular flexibility index (Phi) is 6.23. The maximum Gasteiger partial charge on any atom is 0.253 e. The fourth-order valence-electron chi connectivity index (χ4n) is 2.33. The first-order valence-corrected chi connectivity index (χ1v) is 9.16. The minimum atomic E-state index is -0.0554. The molecule has 0 bridgehead atoms. The number of thiocarbonyl (C=S) groups is 1. The van der Waals surface area contributed by atoms with Crippen LogP contribution in [0.15, 0.2) is 53.1 Å². The van der Waals surface area contributed by atoms with Crippen molar-refractivity contribution >= 4 is 40.5 Å². The van der Waals surface area contributed by atoms with Gasteiger partial charge in [-0.2, -0.15) is 4.98 Å². The second kappa shape index (κ2) is 8.81. The summed E-state index contributed by atoms with van der Waals surface area (Å²) in [5.74, 6) is 0.828. The molecule has 0 atom stereocenters. The highest BCUT2D eigenvalue weighted by molar-refractivity contribution is 7.80. The summed E-state index contributed by atoms with van der Waals surface area (Å²) in [4.78, 5) is 17.7. The maximum atomic E-state index is 11.9. The van der Waals surface area contributed by atoms with Crippen LogP contribution in [0.5, 0.6) is 0 Å². The van der Waals surface area contributed by atoms with E-state index in [1.807, 2.05) is 12.1 Å². The van der Waals surface area contributed by atoms with Crippen LogP contribution < -0.4 is 10.6 Å². The molecule has 0 fully saturated rings. The van der Waals surface area contributed by atoms with Gasteiger partial charge in [-0.05, 0) is 60.7 Å². The van der Waals surface area contributed by atoms with E-state index in [0.717, 1.165) is 11.3 Å². The number of amides is 1. The van der Waals surface area contributed by atoms with Crippen LogP contribution in [0, 0.1) is 0 Å². The Labute approximate surface area is 172 Å². The van der Waals surface area contributed by atoms with E-state index in [2.05, 4.69) is 20.8 Å². The normalized spacial score (nSPS) is 10.4. The van der Waals surface area contributed by atoms with Gasteiger partial charge in [-0.25, -0.2) is 0 Å². The molecular weight excluding hydrogens is 398 g/mol. The molecule has 1 heterocycles. The summed E-state index contributed by atoms with van der Waals surface area (Å²) in [6.45, 7) is 0.281. The largest absolute Gasteiger partial charge is 0.353 e. The molecule has 28 heavy (non-hydrogen) atoms. The molecule has 0 saturated heterocycles. The lowest BCUT2D eigenvalue weighted by molar-refractivity contribution is 0.0827. The van der Waals surface area contributed by atoms with Gasteiger partial charge in [0.05, 0.1) is 6.54 Å². The van der Waals surface area contributed by atoms with Gasteiger partial charge in [0.25, 0.3) is 5.91 Å². The summed E-state index contributed by atoms with van der Waals surface area (Å²) in [6, 6.07) is 14.2. The predicted octanol–water partition coefficient (Wildman–Crippen LogP) is 3.58. The van der Waals surface area contributed by atoms with Crippen LogP contribution in [0.4, 0.5) is 5.69 Å². The lowest BCUT2D eigenvalue weighted by Crippen LogP contribution is -2.28. The van der Waals surface area contributed by atoms with E-state index in [4.69, 9.17) is 28.3 Å². The monoisotopic (exact) mass is 415 g/mol. The van der Waals surface area contributed by atoms with Crippen molar-refractivity contribution in [3.8, 4) is 11.4 Å². The molecule has 9 heteroatoms. The average Bonchev–Trinajstić information content (AvgIpc) is 3.16. The van der Waals surface area contributed by atoms with Crippen LogP contribution >= 0.6 is 23.8 Å². The zero-order valence-electron chi connectivity index (χ0n) is 15.3. The van der Waals surface area contributed by atoms with Gasteiger partial charge in [0, 0.05) is 35.9 Å². The van der Waals surface area contributed by atoms with Gasteiger partial charge in [-0.1, -0.05) is 16.8 Å². The second-order valence-corrected chi connectivity index (χ2v) is 6.95. The molecule has 0 unspecified atom stereocenters. The fourth-order valence-corrected chi connectivity index (χ4v) is 2.64. The summed E-state index contributed by atoms with van der Waals surface area (Å²) in [7, 11) is 3.42. The van der Waals surface area contributed by atoms with Crippen LogP contribution in [-0.2, 0) is 6.54 Å². The van der Waals surface area contributed by atoms with Crippen molar-refractivity contribution in [3.63, 3.8) is 0 Å². The van der Waals surface area contributed by atoms with Gasteiger partial charge in [0.15, 0.2) is 5.11 Å². The highest BCUT2D eigenvalue weighted by Gasteiger charge is 2.10. The van der Waals surface area contributed by atoms with E-state index in [9.17, 15) is 4.79 Å². The number of carbonyl (C=O) groups is 1. The molecule has 3 rings (SSSR count). The Hall–Kier alpha value is -2.97. The third-order valence-corrected chi connectivity index (χ3v) is 4.26. The van der Waals surface area contributed by atoms with E-state index < -0.39 is 0 Å². The van der Waals surface area contributed by atoms with Crippen LogP contribution in [0.25, 0.3) is 11.4 Å². The topological polar surface area (TPSA) is 83.3 Å². The molecule has 3 aromatic rings. The van der Waals surface area contributed by atoms with Crippen molar-refractivity contribution in [1.29, 1.82) is 0 Å². The molecule has 0 spiro atoms. The Morgan fingerprint density at radius 2 is 1.82 bits per heavy atom. The van der Waals surface area contributed by atoms with Crippen molar-refractivity contribution in [1.82, 2.24) is 20.4 Å². The first-order valence-electron chi connectivity index (χ1n) is 8.37. The molecule has 0 aliphatic heterocycles. The standard InChI is InChI=1S/C19H18ClN5O2S/c1-25(2)18(26)13-5-9-15(10-6-13)22-19(28)21-11-16-23-17(24-27-16)12-3-7-14(20)8-4-12/h3-10H,11H2,1-2H3,(H2,21,22,28). The molecule has 144 valence electrons. The number of nitrogens with one attached hydrogen (secondary N) is 2. The Morgan fingerprint density at radius 3 is 2.46 bits per heavy atom. The summed E-state index contributed by atoms with van der Waals surface area (Å²) < 4.78 is 5.23. The fraction of sp³-hybridized carbons (Fsp3) is 0.158. The SMILES string of the molecule is CN(C)C(=O)c1ccc(NC(=S)NCc2nc(-c3ccc(Cl)cc3)no2)cc1. The lowest BCUT2D eigenvalue weighted by Gasteiger charge is -2.12. The minimum Gasteiger partial charge on any atom is -0.353 e. The van der Waals surface area contributed by atoms with E-state index in [1.165, 1.54) is 4.90 Å². The van der Waals surface area contributed by atoms with Crippen LogP contribution in [0.2, 0.25) is 5.02 Å². The molecule has 0 aliphatic carbocycles. The number of anilines is 1. The zero-order chi connectivity index (χ0) is 20.1. The van der Waals surface area contributed by atoms with Crippen LogP contribution in [0.1, 0.15) is 16.2 Å². The molecule has 1 amide bonds. The van der Waals surface area contributed by atoms with Crippen molar-refractivity contribution in [2.75, 3.05) is 19.4 Å². The Bertz CT molecular complexity index is 971. The molecule has 0 saturated carbocycles. The highest BCUT2D eigenvalue weighted by atomic mass is 35.5. The van der Waals surface area contributed by atoms with Crippen LogP contribution in [-0.4, -0.2) is 40.2 Å². The first-order chi connectivity index (χ1) is 13.4. The van der Waals surface area contributed by atoms with Gasteiger partial charge in [0.1, 0.15) is 0 Å². The number of hydrogen-bond donors (Lipinski definition) is 2. The van der Waals surface area contributed by atoms with E-state index in [1.54, 1.807) is 50.5 Å². The molecule has 0 aliphatic rings. The van der Waals surface area contributed by atoms with Crippen LogP contribution in [0.3, 0.4) is 0 Å². The van der Waals surface area contributed by atoms with Crippen molar-refractivity contribution in [2.45, 2.75) is 6.54 Å². The summed E-state index contributed by atoms with van der Waals surface area (Å²) >= 11 is 11.2. The second-order valence-electron chi connectivity index (χ2n) is 6.10. The summed E-state index contributed by atoms with van der Waals surface area (Å²) in [6.07, 6.45) is 0. The minimum absolute atomic E-state index is 0.0554. The molecular formula is C19H18ClN5O2S. The number of rotatable bonds is 5. The number of hydrogen-bond acceptors (Lipinski definition) is 5. The third-order valence-electron chi connectivity index (χ3n) is 3.77. The quantitative estimate of drug-likeness (QED) is 0.616. The third kappa shape index (κ3) is 5.05. The molecule has 0 radical (unpaired) electrons. The molecule has 2 N–H and O–H groups in total. The van der Waals surface area contributed by atoms with Gasteiger partial charge < -0.3 is 20.1 Å². The average molecular weight is 416 g/mol. The van der Waals surface area contributed by atoms with E-state index in [0.29, 0.717) is 27.4 Å². The number of benzene rings is 2. The van der Waals surface area contributed by atoms with Crippen molar-refractivity contribution in [3.05, 3.63) is 65.0 Å². The predicted molar refractivity (Wildman–Crippen MR) is 112 cm³/mol. The van der Waals surface area contributed by atoms with Gasteiger partial charge in [-0.15, -0.1) is 0 Å². The lowest BCUT2D eigenvalue weighted by atomic mass is 10.2. The molecule has 1 aromatic heterocycles. The Balaban J connectivity index is 1.53. The number of aromatic nitrogens is 2. The van der Waals surface area contributed by atoms with Crippen molar-refractivity contribution in [2.24, 2.45) is 0 Å². The summed E-state index contributed by atoms with van der Waals surface area (Å²) in [5.41, 5.74) is 2.18. The molecule has 2 aromatic carbocycles. The van der Waals surface area contributed by atoms with Crippen molar-refractivity contribution < 1.29 is 9.32 Å². The Morgan fingerprint density at radius 1 is 1.14 bits per heavy atom. The van der Waals surface area contributed by atoms with E-state index >= 15 is 0 Å². The van der Waals surface area contributed by atoms with Gasteiger partial charge in [0.2, 0.25) is 11.7 Å². The van der Waals surface area contributed by atoms with E-state index in [-0.39, 0.29) is 12.5 Å². The highest BCUT2D eigenvalue weighted by Crippen LogP contribution is 2.18. The number of nitrogens with zero attached hydrogens (tertiary/aromatic N) is 3. The summed E-state index contributed by atoms with van der Waals surface area (Å²) in [5, 5.41) is 11.0. The number of halogens is 1. The maximum absolute atomic E-state index is 11.9. The first kappa shape index (κ1) is 19.8. The van der Waals surface area contributed by atoms with Gasteiger partial charge >= 0.3 is 0 Å². The zero-order valence-corrected chi connectivity index (χ0v) is 16.8. The smallest absolute Gasteiger partial charge is 0.253 e. The molecule has 7 nitrogen and oxygen atoms in total. The van der Waals surface area contributed by atoms with Gasteiger partial charge in [-0.3, -0.25) is 4.79 Å². The number of carbonyl (C=O) groups excluding carboxylic acids is 1.